The molecular formula is C28H53O5-. The molecule has 0 spiro atoms. The first-order valence-corrected chi connectivity index (χ1v) is 13.3. The van der Waals surface area contributed by atoms with E-state index in [1.54, 1.807) is 27.9 Å². The highest BCUT2D eigenvalue weighted by Gasteiger charge is 2.42. The molecule has 0 aromatic rings. The van der Waals surface area contributed by atoms with Crippen LogP contribution >= 0.6 is 0 Å². The molecule has 33 heavy (non-hydrogen) atoms. The zero-order valence-corrected chi connectivity index (χ0v) is 22.9. The van der Waals surface area contributed by atoms with E-state index in [0.29, 0.717) is 13.0 Å². The number of hydrogen-bond acceptors (Lipinski definition) is 5. The molecule has 2 unspecified atom stereocenters. The number of rotatable bonds is 21. The summed E-state index contributed by atoms with van der Waals surface area (Å²) in [6.45, 7) is 12.3. The smallest absolute Gasteiger partial charge is 0.311 e. The summed E-state index contributed by atoms with van der Waals surface area (Å²) in [5.74, 6) is -1.47. The van der Waals surface area contributed by atoms with Crippen LogP contribution < -0.4 is 5.11 Å². The van der Waals surface area contributed by atoms with Crippen LogP contribution in [0.3, 0.4) is 0 Å². The van der Waals surface area contributed by atoms with Crippen molar-refractivity contribution < 1.29 is 24.2 Å². The van der Waals surface area contributed by atoms with Crippen molar-refractivity contribution in [3.63, 3.8) is 0 Å². The summed E-state index contributed by atoms with van der Waals surface area (Å²) in [6, 6.07) is 0. The van der Waals surface area contributed by atoms with Crippen LogP contribution in [0.15, 0.2) is 0 Å². The molecule has 0 radical (unpaired) electrons. The van der Waals surface area contributed by atoms with E-state index in [1.165, 1.54) is 57.8 Å². The molecule has 0 aliphatic rings. The fraction of sp³-hybridized carbons (Fsp3) is 0.929. The van der Waals surface area contributed by atoms with Gasteiger partial charge < -0.3 is 19.4 Å². The third-order valence-corrected chi connectivity index (χ3v) is 7.20. The molecule has 0 bridgehead atoms. The molecule has 0 aliphatic heterocycles. The van der Waals surface area contributed by atoms with Crippen LogP contribution in [0.2, 0.25) is 0 Å². The molecule has 0 saturated heterocycles. The first-order chi connectivity index (χ1) is 15.5. The largest absolute Gasteiger partial charge is 0.550 e. The molecule has 0 saturated carbocycles. The number of unbranched alkanes of at least 4 members (excludes halogenated alkanes) is 9. The zero-order valence-electron chi connectivity index (χ0n) is 22.9. The number of methoxy groups -OCH3 is 1. The summed E-state index contributed by atoms with van der Waals surface area (Å²) >= 11 is 0. The van der Waals surface area contributed by atoms with E-state index in [4.69, 9.17) is 9.47 Å². The second kappa shape index (κ2) is 16.5. The molecular weight excluding hydrogens is 416 g/mol. The van der Waals surface area contributed by atoms with Gasteiger partial charge in [-0.1, -0.05) is 98.3 Å². The summed E-state index contributed by atoms with van der Waals surface area (Å²) < 4.78 is 10.2. The summed E-state index contributed by atoms with van der Waals surface area (Å²) in [6.07, 6.45) is 15.5. The van der Waals surface area contributed by atoms with Crippen LogP contribution in [-0.2, 0) is 19.1 Å². The molecule has 196 valence electrons. The van der Waals surface area contributed by atoms with Gasteiger partial charge in [0, 0.05) is 18.5 Å². The highest BCUT2D eigenvalue weighted by Crippen LogP contribution is 2.46. The van der Waals surface area contributed by atoms with Gasteiger partial charge in [-0.2, -0.15) is 0 Å². The van der Waals surface area contributed by atoms with Gasteiger partial charge in [0.25, 0.3) is 0 Å². The Morgan fingerprint density at radius 2 is 1.27 bits per heavy atom. The molecule has 2 atom stereocenters. The highest BCUT2D eigenvalue weighted by atomic mass is 16.6. The zero-order chi connectivity index (χ0) is 25.4. The number of carbonyl (C=O) groups is 2. The lowest BCUT2D eigenvalue weighted by Crippen LogP contribution is -2.47. The van der Waals surface area contributed by atoms with Gasteiger partial charge in [-0.05, 0) is 38.5 Å². The van der Waals surface area contributed by atoms with Crippen molar-refractivity contribution in [2.24, 2.45) is 16.2 Å². The third-order valence-electron chi connectivity index (χ3n) is 7.20. The quantitative estimate of drug-likeness (QED) is 0.142. The average molecular weight is 470 g/mol. The van der Waals surface area contributed by atoms with Gasteiger partial charge in [-0.3, -0.25) is 4.79 Å². The molecule has 0 heterocycles. The Morgan fingerprint density at radius 3 is 1.73 bits per heavy atom. The Bertz CT molecular complexity index is 544. The Hall–Kier alpha value is -1.10. The van der Waals surface area contributed by atoms with Crippen LogP contribution in [0.1, 0.15) is 131 Å². The van der Waals surface area contributed by atoms with E-state index >= 15 is 0 Å². The average Bonchev–Trinajstić information content (AvgIpc) is 2.74. The summed E-state index contributed by atoms with van der Waals surface area (Å²) in [4.78, 5) is 24.8. The van der Waals surface area contributed by atoms with E-state index in [-0.39, 0.29) is 24.4 Å². The van der Waals surface area contributed by atoms with E-state index in [2.05, 4.69) is 20.8 Å². The van der Waals surface area contributed by atoms with Crippen molar-refractivity contribution in [3.8, 4) is 0 Å². The SMILES string of the molecule is CCCCCCCCCCCCC(C)(CC)CC(C)(CC(C)(C)C(=O)OCCOC)C(=O)[O-]. The first-order valence-electron chi connectivity index (χ1n) is 13.3. The standard InChI is InChI=1S/C28H54O5/c1-8-10-11-12-13-14-15-16-17-18-19-27(5,9-2)23-28(6,24(29)30)22-26(3,4)25(31)33-21-20-32-7/h8-23H2,1-7H3,(H,29,30)/p-1. The lowest BCUT2D eigenvalue weighted by Gasteiger charge is -2.43. The van der Waals surface area contributed by atoms with Crippen molar-refractivity contribution in [1.82, 2.24) is 0 Å². The Kier molecular flexibility index (Phi) is 16.0. The fourth-order valence-corrected chi connectivity index (χ4v) is 5.04. The van der Waals surface area contributed by atoms with Gasteiger partial charge in [0.2, 0.25) is 0 Å². The van der Waals surface area contributed by atoms with E-state index < -0.39 is 16.8 Å². The maximum absolute atomic E-state index is 12.6. The molecule has 0 N–H and O–H groups in total. The molecule has 5 heteroatoms. The topological polar surface area (TPSA) is 75.7 Å². The number of hydrogen-bond donors (Lipinski definition) is 0. The van der Waals surface area contributed by atoms with Crippen LogP contribution in [0.5, 0.6) is 0 Å². The predicted octanol–water partition coefficient (Wildman–Crippen LogP) is 6.47. The highest BCUT2D eigenvalue weighted by molar-refractivity contribution is 5.78. The van der Waals surface area contributed by atoms with Crippen LogP contribution in [0.25, 0.3) is 0 Å². The minimum absolute atomic E-state index is 0.0923. The van der Waals surface area contributed by atoms with Gasteiger partial charge in [0.15, 0.2) is 0 Å². The van der Waals surface area contributed by atoms with Gasteiger partial charge in [0.1, 0.15) is 6.61 Å². The maximum atomic E-state index is 12.6. The number of carboxylic acid groups (broad SMARTS) is 1. The Labute approximate surface area is 204 Å². The van der Waals surface area contributed by atoms with Gasteiger partial charge in [0.05, 0.1) is 12.0 Å². The minimum atomic E-state index is -1.09. The number of carbonyl (C=O) groups excluding carboxylic acids is 2. The summed E-state index contributed by atoms with van der Waals surface area (Å²) in [7, 11) is 1.55. The van der Waals surface area contributed by atoms with Gasteiger partial charge in [-0.15, -0.1) is 0 Å². The monoisotopic (exact) mass is 469 g/mol. The van der Waals surface area contributed by atoms with Crippen molar-refractivity contribution in [1.29, 1.82) is 0 Å². The van der Waals surface area contributed by atoms with Crippen LogP contribution in [0, 0.1) is 16.2 Å². The first kappa shape index (κ1) is 31.9. The number of carboxylic acids is 1. The van der Waals surface area contributed by atoms with Crippen molar-refractivity contribution in [2.45, 2.75) is 131 Å². The van der Waals surface area contributed by atoms with E-state index in [9.17, 15) is 14.7 Å². The molecule has 0 aromatic carbocycles. The summed E-state index contributed by atoms with van der Waals surface area (Å²) in [5, 5.41) is 12.2. The maximum Gasteiger partial charge on any atom is 0.311 e. The van der Waals surface area contributed by atoms with E-state index in [1.807, 2.05) is 0 Å². The fourth-order valence-electron chi connectivity index (χ4n) is 5.04. The predicted molar refractivity (Wildman–Crippen MR) is 134 cm³/mol. The molecule has 0 rings (SSSR count). The van der Waals surface area contributed by atoms with E-state index in [0.717, 1.165) is 19.3 Å². The number of ether oxygens (including phenoxy) is 2. The lowest BCUT2D eigenvalue weighted by molar-refractivity contribution is -0.321. The molecule has 0 aliphatic carbocycles. The number of esters is 1. The van der Waals surface area contributed by atoms with Crippen molar-refractivity contribution in [2.75, 3.05) is 20.3 Å². The summed E-state index contributed by atoms with van der Waals surface area (Å²) in [5.41, 5.74) is -2.09. The van der Waals surface area contributed by atoms with Crippen molar-refractivity contribution >= 4 is 11.9 Å². The lowest BCUT2D eigenvalue weighted by atomic mass is 9.64. The van der Waals surface area contributed by atoms with Gasteiger partial charge >= 0.3 is 5.97 Å². The Morgan fingerprint density at radius 1 is 0.758 bits per heavy atom. The third kappa shape index (κ3) is 13.4. The Balaban J connectivity index is 4.72. The van der Waals surface area contributed by atoms with Gasteiger partial charge in [-0.25, -0.2) is 0 Å². The molecule has 0 amide bonds. The minimum Gasteiger partial charge on any atom is -0.550 e. The number of aliphatic carboxylic acids is 1. The second-order valence-electron chi connectivity index (χ2n) is 11.3. The second-order valence-corrected chi connectivity index (χ2v) is 11.3. The molecule has 0 fully saturated rings. The van der Waals surface area contributed by atoms with Crippen LogP contribution in [-0.4, -0.2) is 32.3 Å². The molecule has 5 nitrogen and oxygen atoms in total. The normalized spacial score (nSPS) is 15.6. The van der Waals surface area contributed by atoms with Crippen molar-refractivity contribution in [3.05, 3.63) is 0 Å². The molecule has 0 aromatic heterocycles. The van der Waals surface area contributed by atoms with Crippen LogP contribution in [0.4, 0.5) is 0 Å².